The van der Waals surface area contributed by atoms with Gasteiger partial charge in [0, 0.05) is 19.1 Å². The van der Waals surface area contributed by atoms with Crippen LogP contribution in [0.15, 0.2) is 23.1 Å². The molecule has 1 amide bonds. The minimum absolute atomic E-state index is 0.0538. The molecule has 0 aliphatic carbocycles. The zero-order valence-electron chi connectivity index (χ0n) is 15.4. The first-order valence-electron chi connectivity index (χ1n) is 8.79. The molecule has 144 valence electrons. The van der Waals surface area contributed by atoms with E-state index >= 15 is 0 Å². The minimum atomic E-state index is -3.65. The number of carbonyl (C=O) groups excluding carboxylic acids is 2. The number of nitrogens with one attached hydrogen (secondary N) is 1. The van der Waals surface area contributed by atoms with Crippen LogP contribution in [0.4, 0.5) is 0 Å². The molecule has 0 radical (unpaired) electrons. The highest BCUT2D eigenvalue weighted by Crippen LogP contribution is 2.24. The second-order valence-corrected chi connectivity index (χ2v) is 8.65. The van der Waals surface area contributed by atoms with Crippen LogP contribution in [0.25, 0.3) is 0 Å². The normalized spacial score (nSPS) is 15.7. The van der Waals surface area contributed by atoms with Gasteiger partial charge in [0.25, 0.3) is 5.91 Å². The smallest absolute Gasteiger partial charge is 0.338 e. The van der Waals surface area contributed by atoms with Gasteiger partial charge in [0.1, 0.15) is 0 Å². The molecule has 1 N–H and O–H groups in total. The molecule has 1 aromatic carbocycles. The van der Waals surface area contributed by atoms with Gasteiger partial charge in [0.2, 0.25) is 10.0 Å². The molecule has 0 saturated carbocycles. The van der Waals surface area contributed by atoms with Crippen molar-refractivity contribution < 1.29 is 22.7 Å². The third-order valence-electron chi connectivity index (χ3n) is 4.14. The van der Waals surface area contributed by atoms with E-state index in [2.05, 4.69) is 5.32 Å². The molecule has 1 saturated heterocycles. The number of piperidine rings is 1. The van der Waals surface area contributed by atoms with E-state index in [4.69, 9.17) is 4.74 Å². The van der Waals surface area contributed by atoms with E-state index in [1.54, 1.807) is 26.8 Å². The third kappa shape index (κ3) is 5.04. The number of ether oxygens (including phenoxy) is 1. The number of amides is 1. The van der Waals surface area contributed by atoms with Gasteiger partial charge in [0.05, 0.1) is 10.5 Å². The number of sulfonamides is 1. The fourth-order valence-electron chi connectivity index (χ4n) is 2.83. The van der Waals surface area contributed by atoms with E-state index in [1.165, 1.54) is 16.4 Å². The number of hydrogen-bond donors (Lipinski definition) is 1. The van der Waals surface area contributed by atoms with Gasteiger partial charge >= 0.3 is 5.97 Å². The van der Waals surface area contributed by atoms with Crippen molar-refractivity contribution in [3.8, 4) is 0 Å². The van der Waals surface area contributed by atoms with Crippen LogP contribution in [0.2, 0.25) is 0 Å². The van der Waals surface area contributed by atoms with Crippen molar-refractivity contribution in [1.82, 2.24) is 9.62 Å². The molecule has 0 atom stereocenters. The Hall–Kier alpha value is -1.93. The van der Waals surface area contributed by atoms with Gasteiger partial charge in [-0.05, 0) is 51.3 Å². The molecule has 0 spiro atoms. The molecule has 1 aliphatic heterocycles. The molecule has 7 nitrogen and oxygen atoms in total. The predicted molar refractivity (Wildman–Crippen MR) is 97.4 cm³/mol. The topological polar surface area (TPSA) is 92.8 Å². The highest BCUT2D eigenvalue weighted by atomic mass is 32.2. The predicted octanol–water partition coefficient (Wildman–Crippen LogP) is 1.85. The molecular formula is C18H26N2O5S. The van der Waals surface area contributed by atoms with Gasteiger partial charge in [-0.3, -0.25) is 4.79 Å². The SMILES string of the molecule is Cc1ccc(C(=O)OCC(=O)NC(C)C)cc1S(=O)(=O)N1CCCCC1. The van der Waals surface area contributed by atoms with Crippen LogP contribution in [0, 0.1) is 6.92 Å². The lowest BCUT2D eigenvalue weighted by Crippen LogP contribution is -2.36. The van der Waals surface area contributed by atoms with Crippen LogP contribution in [0.5, 0.6) is 0 Å². The van der Waals surface area contributed by atoms with E-state index < -0.39 is 28.5 Å². The molecule has 1 aromatic rings. The lowest BCUT2D eigenvalue weighted by atomic mass is 10.1. The molecule has 2 rings (SSSR count). The molecule has 1 fully saturated rings. The van der Waals surface area contributed by atoms with Crippen LogP contribution < -0.4 is 5.32 Å². The average molecular weight is 382 g/mol. The van der Waals surface area contributed by atoms with Crippen molar-refractivity contribution in [2.24, 2.45) is 0 Å². The van der Waals surface area contributed by atoms with Crippen molar-refractivity contribution >= 4 is 21.9 Å². The van der Waals surface area contributed by atoms with Crippen molar-refractivity contribution in [1.29, 1.82) is 0 Å². The summed E-state index contributed by atoms with van der Waals surface area (Å²) in [4.78, 5) is 23.9. The number of esters is 1. The van der Waals surface area contributed by atoms with Gasteiger partial charge in [-0.2, -0.15) is 4.31 Å². The van der Waals surface area contributed by atoms with Gasteiger partial charge in [-0.25, -0.2) is 13.2 Å². The maximum atomic E-state index is 12.9. The maximum Gasteiger partial charge on any atom is 0.338 e. The number of rotatable bonds is 6. The molecule has 8 heteroatoms. The van der Waals surface area contributed by atoms with Gasteiger partial charge in [-0.1, -0.05) is 12.5 Å². The Kier molecular flexibility index (Phi) is 6.77. The third-order valence-corrected chi connectivity index (χ3v) is 6.18. The van der Waals surface area contributed by atoms with E-state index in [-0.39, 0.29) is 16.5 Å². The minimum Gasteiger partial charge on any atom is -0.452 e. The lowest BCUT2D eigenvalue weighted by molar-refractivity contribution is -0.124. The van der Waals surface area contributed by atoms with Crippen LogP contribution in [0.1, 0.15) is 49.0 Å². The van der Waals surface area contributed by atoms with E-state index in [1.807, 2.05) is 0 Å². The molecule has 0 aromatic heterocycles. The molecule has 1 heterocycles. The quantitative estimate of drug-likeness (QED) is 0.758. The van der Waals surface area contributed by atoms with E-state index in [0.717, 1.165) is 19.3 Å². The summed E-state index contributed by atoms with van der Waals surface area (Å²) in [6.07, 6.45) is 2.70. The molecule has 26 heavy (non-hydrogen) atoms. The fraction of sp³-hybridized carbons (Fsp3) is 0.556. The first-order valence-corrected chi connectivity index (χ1v) is 10.2. The summed E-state index contributed by atoms with van der Waals surface area (Å²) in [7, 11) is -3.65. The molecule has 1 aliphatic rings. The average Bonchev–Trinajstić information content (AvgIpc) is 2.60. The summed E-state index contributed by atoms with van der Waals surface area (Å²) in [6, 6.07) is 4.37. The van der Waals surface area contributed by atoms with Crippen molar-refractivity contribution in [2.75, 3.05) is 19.7 Å². The zero-order valence-corrected chi connectivity index (χ0v) is 16.3. The first kappa shape index (κ1) is 20.4. The van der Waals surface area contributed by atoms with Gasteiger partial charge in [0.15, 0.2) is 6.61 Å². The largest absolute Gasteiger partial charge is 0.452 e. The summed E-state index contributed by atoms with van der Waals surface area (Å²) in [5, 5.41) is 2.62. The number of aryl methyl sites for hydroxylation is 1. The molecule has 0 bridgehead atoms. The van der Waals surface area contributed by atoms with E-state index in [9.17, 15) is 18.0 Å². The van der Waals surface area contributed by atoms with Crippen LogP contribution in [-0.2, 0) is 19.6 Å². The van der Waals surface area contributed by atoms with Crippen LogP contribution in [-0.4, -0.2) is 50.3 Å². The summed E-state index contributed by atoms with van der Waals surface area (Å²) >= 11 is 0. The van der Waals surface area contributed by atoms with Crippen molar-refractivity contribution in [2.45, 2.75) is 51.0 Å². The highest BCUT2D eigenvalue weighted by Gasteiger charge is 2.28. The Morgan fingerprint density at radius 1 is 1.19 bits per heavy atom. The van der Waals surface area contributed by atoms with Gasteiger partial charge < -0.3 is 10.1 Å². The highest BCUT2D eigenvalue weighted by molar-refractivity contribution is 7.89. The van der Waals surface area contributed by atoms with Crippen molar-refractivity contribution in [3.63, 3.8) is 0 Å². The van der Waals surface area contributed by atoms with Crippen LogP contribution in [0.3, 0.4) is 0 Å². The Morgan fingerprint density at radius 2 is 1.85 bits per heavy atom. The van der Waals surface area contributed by atoms with E-state index in [0.29, 0.717) is 18.7 Å². The Bertz CT molecular complexity index is 768. The number of hydrogen-bond acceptors (Lipinski definition) is 5. The number of nitrogens with zero attached hydrogens (tertiary/aromatic N) is 1. The standard InChI is InChI=1S/C18H26N2O5S/c1-13(2)19-17(21)12-25-18(22)15-8-7-14(3)16(11-15)26(23,24)20-9-5-4-6-10-20/h7-8,11,13H,4-6,9-10,12H2,1-3H3,(H,19,21). The zero-order chi connectivity index (χ0) is 19.3. The molecular weight excluding hydrogens is 356 g/mol. The molecule has 0 unspecified atom stereocenters. The monoisotopic (exact) mass is 382 g/mol. The summed E-state index contributed by atoms with van der Waals surface area (Å²) in [6.45, 7) is 5.88. The lowest BCUT2D eigenvalue weighted by Gasteiger charge is -2.26. The maximum absolute atomic E-state index is 12.9. The Morgan fingerprint density at radius 3 is 2.46 bits per heavy atom. The summed E-state index contributed by atoms with van der Waals surface area (Å²) in [5.74, 6) is -1.12. The fourth-order valence-corrected chi connectivity index (χ4v) is 4.60. The number of carbonyl (C=O) groups is 2. The van der Waals surface area contributed by atoms with Crippen molar-refractivity contribution in [3.05, 3.63) is 29.3 Å². The van der Waals surface area contributed by atoms with Crippen LogP contribution >= 0.6 is 0 Å². The second-order valence-electron chi connectivity index (χ2n) is 6.74. The second kappa shape index (κ2) is 8.64. The Labute approximate surface area is 154 Å². The van der Waals surface area contributed by atoms with Gasteiger partial charge in [-0.15, -0.1) is 0 Å². The summed E-state index contributed by atoms with van der Waals surface area (Å²) < 4.78 is 32.2. The first-order chi connectivity index (χ1) is 12.2. The summed E-state index contributed by atoms with van der Waals surface area (Å²) in [5.41, 5.74) is 0.688. The number of benzene rings is 1. The Balaban J connectivity index is 2.16.